The third-order valence-electron chi connectivity index (χ3n) is 5.85. The summed E-state index contributed by atoms with van der Waals surface area (Å²) in [7, 11) is 0. The number of amides is 1. The molecule has 140 valence electrons. The number of hydrogen-bond acceptors (Lipinski definition) is 3. The van der Waals surface area contributed by atoms with E-state index in [2.05, 4.69) is 34.6 Å². The lowest BCUT2D eigenvalue weighted by molar-refractivity contribution is 0.0580. The average Bonchev–Trinajstić information content (AvgIpc) is 3.25. The summed E-state index contributed by atoms with van der Waals surface area (Å²) < 4.78 is 0. The summed E-state index contributed by atoms with van der Waals surface area (Å²) >= 11 is 0. The number of nitrogens with one attached hydrogen (secondary N) is 1. The molecule has 4 heteroatoms. The van der Waals surface area contributed by atoms with E-state index in [1.165, 1.54) is 24.8 Å². The van der Waals surface area contributed by atoms with Crippen molar-refractivity contribution >= 4 is 11.6 Å². The topological polar surface area (TPSA) is 44.7 Å². The summed E-state index contributed by atoms with van der Waals surface area (Å²) in [5.74, 6) is 0.00649. The van der Waals surface area contributed by atoms with Crippen LogP contribution in [0.3, 0.4) is 0 Å². The van der Waals surface area contributed by atoms with Crippen LogP contribution in [0.2, 0.25) is 0 Å². The van der Waals surface area contributed by atoms with E-state index in [0.29, 0.717) is 6.54 Å². The maximum Gasteiger partial charge on any atom is 0.251 e. The second-order valence-corrected chi connectivity index (χ2v) is 7.62. The minimum absolute atomic E-state index is 0.00649. The lowest BCUT2D eigenvalue weighted by Crippen LogP contribution is -2.54. The third-order valence-corrected chi connectivity index (χ3v) is 5.85. The molecule has 4 rings (SSSR count). The van der Waals surface area contributed by atoms with Crippen LogP contribution in [0.1, 0.15) is 54.4 Å². The Balaban J connectivity index is 1.51. The molecule has 0 bridgehead atoms. The molecule has 2 aromatic rings. The van der Waals surface area contributed by atoms with Crippen molar-refractivity contribution in [1.82, 2.24) is 10.3 Å². The maximum atomic E-state index is 12.6. The normalized spacial score (nSPS) is 18.8. The van der Waals surface area contributed by atoms with E-state index in [1.807, 2.05) is 36.4 Å². The summed E-state index contributed by atoms with van der Waals surface area (Å²) in [6, 6.07) is 19.9. The lowest BCUT2D eigenvalue weighted by atomic mass is 9.81. The van der Waals surface area contributed by atoms with E-state index in [4.69, 9.17) is 5.10 Å². The Morgan fingerprint density at radius 1 is 0.963 bits per heavy atom. The quantitative estimate of drug-likeness (QED) is 0.866. The van der Waals surface area contributed by atoms with Crippen molar-refractivity contribution in [1.29, 1.82) is 0 Å². The van der Waals surface area contributed by atoms with Gasteiger partial charge in [0.15, 0.2) is 0 Å². The van der Waals surface area contributed by atoms with Crippen molar-refractivity contribution in [2.75, 3.05) is 13.1 Å². The molecule has 1 amide bonds. The van der Waals surface area contributed by atoms with E-state index in [9.17, 15) is 4.79 Å². The SMILES string of the molecule is O=C(NCC1(N2CCC(c3ccccc3)=N2)CCCCC1)c1ccccc1. The molecule has 1 aliphatic heterocycles. The van der Waals surface area contributed by atoms with Gasteiger partial charge in [0.25, 0.3) is 5.91 Å². The van der Waals surface area contributed by atoms with Gasteiger partial charge in [-0.25, -0.2) is 0 Å². The molecule has 4 nitrogen and oxygen atoms in total. The molecule has 1 N–H and O–H groups in total. The first kappa shape index (κ1) is 17.8. The van der Waals surface area contributed by atoms with Crippen LogP contribution >= 0.6 is 0 Å². The predicted octanol–water partition coefficient (Wildman–Crippen LogP) is 4.23. The van der Waals surface area contributed by atoms with Gasteiger partial charge in [0.1, 0.15) is 0 Å². The molecule has 0 spiro atoms. The second kappa shape index (κ2) is 7.95. The van der Waals surface area contributed by atoms with Gasteiger partial charge < -0.3 is 5.32 Å². The standard InChI is InChI=1S/C23H27N3O/c27-22(20-12-6-2-7-13-20)24-18-23(15-8-3-9-16-23)26-17-14-21(25-26)19-10-4-1-5-11-19/h1-2,4-7,10-13H,3,8-9,14-18H2,(H,24,27). The van der Waals surface area contributed by atoms with Crippen LogP contribution in [-0.2, 0) is 0 Å². The number of nitrogens with zero attached hydrogens (tertiary/aromatic N) is 2. The van der Waals surface area contributed by atoms with Gasteiger partial charge in [0.2, 0.25) is 0 Å². The highest BCUT2D eigenvalue weighted by Gasteiger charge is 2.40. The molecule has 27 heavy (non-hydrogen) atoms. The number of carbonyl (C=O) groups is 1. The molecule has 1 aliphatic carbocycles. The van der Waals surface area contributed by atoms with Crippen LogP contribution in [0.4, 0.5) is 0 Å². The minimum Gasteiger partial charge on any atom is -0.350 e. The Labute approximate surface area is 161 Å². The first-order valence-corrected chi connectivity index (χ1v) is 10.0. The van der Waals surface area contributed by atoms with Crippen LogP contribution in [-0.4, -0.2) is 35.3 Å². The Morgan fingerprint density at radius 2 is 1.63 bits per heavy atom. The molecule has 1 heterocycles. The third kappa shape index (κ3) is 3.90. The molecule has 2 aromatic carbocycles. The highest BCUT2D eigenvalue weighted by Crippen LogP contribution is 2.36. The number of benzene rings is 2. The van der Waals surface area contributed by atoms with Crippen molar-refractivity contribution in [3.63, 3.8) is 0 Å². The highest BCUT2D eigenvalue weighted by atomic mass is 16.1. The fourth-order valence-corrected chi connectivity index (χ4v) is 4.31. The van der Waals surface area contributed by atoms with E-state index < -0.39 is 0 Å². The Morgan fingerprint density at radius 3 is 2.33 bits per heavy atom. The number of hydrazone groups is 1. The summed E-state index contributed by atoms with van der Waals surface area (Å²) in [5, 5.41) is 10.5. The monoisotopic (exact) mass is 361 g/mol. The summed E-state index contributed by atoms with van der Waals surface area (Å²) in [6.07, 6.45) is 6.83. The van der Waals surface area contributed by atoms with E-state index in [1.54, 1.807) is 0 Å². The minimum atomic E-state index is -0.0563. The zero-order valence-corrected chi connectivity index (χ0v) is 15.7. The van der Waals surface area contributed by atoms with Crippen LogP contribution in [0.25, 0.3) is 0 Å². The van der Waals surface area contributed by atoms with Gasteiger partial charge in [-0.1, -0.05) is 67.8 Å². The van der Waals surface area contributed by atoms with Crippen molar-refractivity contribution in [2.45, 2.75) is 44.1 Å². The number of rotatable bonds is 5. The van der Waals surface area contributed by atoms with Crippen LogP contribution in [0.5, 0.6) is 0 Å². The van der Waals surface area contributed by atoms with E-state index in [0.717, 1.165) is 37.1 Å². The molecule has 1 saturated carbocycles. The van der Waals surface area contributed by atoms with Crippen molar-refractivity contribution in [3.8, 4) is 0 Å². The average molecular weight is 361 g/mol. The maximum absolute atomic E-state index is 12.6. The number of carbonyl (C=O) groups excluding carboxylic acids is 1. The van der Waals surface area contributed by atoms with Crippen molar-refractivity contribution in [2.24, 2.45) is 5.10 Å². The molecule has 0 aromatic heterocycles. The second-order valence-electron chi connectivity index (χ2n) is 7.62. The fraction of sp³-hybridized carbons (Fsp3) is 0.391. The zero-order chi connectivity index (χ0) is 18.5. The van der Waals surface area contributed by atoms with Gasteiger partial charge in [0.05, 0.1) is 11.3 Å². The van der Waals surface area contributed by atoms with Crippen LogP contribution < -0.4 is 5.32 Å². The molecule has 0 unspecified atom stereocenters. The number of hydrogen-bond donors (Lipinski definition) is 1. The molecular formula is C23H27N3O. The first-order valence-electron chi connectivity index (χ1n) is 10.0. The van der Waals surface area contributed by atoms with E-state index in [-0.39, 0.29) is 11.4 Å². The van der Waals surface area contributed by atoms with Gasteiger partial charge >= 0.3 is 0 Å². The lowest BCUT2D eigenvalue weighted by Gasteiger charge is -2.43. The highest BCUT2D eigenvalue weighted by molar-refractivity contribution is 6.01. The predicted molar refractivity (Wildman–Crippen MR) is 109 cm³/mol. The van der Waals surface area contributed by atoms with Gasteiger partial charge in [0, 0.05) is 25.1 Å². The van der Waals surface area contributed by atoms with Crippen LogP contribution in [0.15, 0.2) is 65.8 Å². The molecule has 0 saturated heterocycles. The first-order chi connectivity index (χ1) is 13.3. The zero-order valence-electron chi connectivity index (χ0n) is 15.7. The summed E-state index contributed by atoms with van der Waals surface area (Å²) in [4.78, 5) is 12.6. The largest absolute Gasteiger partial charge is 0.350 e. The Kier molecular flexibility index (Phi) is 5.23. The van der Waals surface area contributed by atoms with Crippen LogP contribution in [0, 0.1) is 0 Å². The molecule has 2 aliphatic rings. The smallest absolute Gasteiger partial charge is 0.251 e. The van der Waals surface area contributed by atoms with Gasteiger partial charge in [-0.15, -0.1) is 0 Å². The molecule has 0 atom stereocenters. The van der Waals surface area contributed by atoms with Gasteiger partial charge in [-0.3, -0.25) is 9.80 Å². The van der Waals surface area contributed by atoms with E-state index >= 15 is 0 Å². The molecular weight excluding hydrogens is 334 g/mol. The molecule has 1 fully saturated rings. The van der Waals surface area contributed by atoms with Crippen molar-refractivity contribution in [3.05, 3.63) is 71.8 Å². The van der Waals surface area contributed by atoms with Gasteiger partial charge in [-0.2, -0.15) is 5.10 Å². The Hall–Kier alpha value is -2.62. The summed E-state index contributed by atoms with van der Waals surface area (Å²) in [6.45, 7) is 1.59. The molecule has 0 radical (unpaired) electrons. The van der Waals surface area contributed by atoms with Crippen molar-refractivity contribution < 1.29 is 4.79 Å². The summed E-state index contributed by atoms with van der Waals surface area (Å²) in [5.41, 5.74) is 3.03. The fourth-order valence-electron chi connectivity index (χ4n) is 4.31. The van der Waals surface area contributed by atoms with Gasteiger partial charge in [-0.05, 0) is 30.5 Å². The Bertz CT molecular complexity index is 795.